The number of rotatable bonds is 5. The number of hydrogen-bond acceptors (Lipinski definition) is 6. The summed E-state index contributed by atoms with van der Waals surface area (Å²) in [4.78, 5) is 16.1. The maximum atomic E-state index is 14.0. The molecule has 3 aromatic carbocycles. The first-order valence-corrected chi connectivity index (χ1v) is 15.4. The van der Waals surface area contributed by atoms with E-state index in [4.69, 9.17) is 15.3 Å². The third kappa shape index (κ3) is 4.61. The van der Waals surface area contributed by atoms with E-state index in [1.807, 2.05) is 77.6 Å². The maximum Gasteiger partial charge on any atom is 0.271 e. The van der Waals surface area contributed by atoms with Crippen LogP contribution in [-0.2, 0) is 4.79 Å². The molecular weight excluding hydrogens is 554 g/mol. The largest absolute Gasteiger partial charge is 0.508 e. The van der Waals surface area contributed by atoms with E-state index in [9.17, 15) is 9.90 Å². The zero-order valence-electron chi connectivity index (χ0n) is 24.4. The topological polar surface area (TPSA) is 83.1 Å². The molecule has 2 saturated carbocycles. The lowest BCUT2D eigenvalue weighted by atomic mass is 9.70. The first-order chi connectivity index (χ1) is 20.7. The zero-order chi connectivity index (χ0) is 29.8. The number of aromatic nitrogens is 2. The van der Waals surface area contributed by atoms with Crippen LogP contribution in [0.15, 0.2) is 106 Å². The van der Waals surface area contributed by atoms with Gasteiger partial charge in [0, 0.05) is 28.5 Å². The molecule has 2 atom stereocenters. The molecule has 4 aromatic rings. The van der Waals surface area contributed by atoms with Crippen molar-refractivity contribution >= 4 is 40.3 Å². The Morgan fingerprint density at radius 3 is 2.28 bits per heavy atom. The lowest BCUT2D eigenvalue weighted by Crippen LogP contribution is -2.32. The van der Waals surface area contributed by atoms with Crippen LogP contribution in [0.5, 0.6) is 5.75 Å². The van der Waals surface area contributed by atoms with Gasteiger partial charge < -0.3 is 5.11 Å². The van der Waals surface area contributed by atoms with E-state index in [1.54, 1.807) is 29.2 Å². The van der Waals surface area contributed by atoms with Crippen molar-refractivity contribution in [1.29, 1.82) is 0 Å². The highest BCUT2D eigenvalue weighted by Crippen LogP contribution is 2.64. The number of aromatic hydroxyl groups is 1. The van der Waals surface area contributed by atoms with Crippen molar-refractivity contribution in [3.63, 3.8) is 0 Å². The van der Waals surface area contributed by atoms with Gasteiger partial charge >= 0.3 is 0 Å². The predicted octanol–water partition coefficient (Wildman–Crippen LogP) is 7.92. The number of benzene rings is 3. The minimum Gasteiger partial charge on any atom is -0.508 e. The quantitative estimate of drug-likeness (QED) is 0.190. The Morgan fingerprint density at radius 2 is 1.63 bits per heavy atom. The number of amides is 1. The van der Waals surface area contributed by atoms with E-state index in [-0.39, 0.29) is 22.5 Å². The summed E-state index contributed by atoms with van der Waals surface area (Å²) in [5, 5.41) is 24.9. The summed E-state index contributed by atoms with van der Waals surface area (Å²) in [7, 11) is 0. The Balaban J connectivity index is 1.31. The van der Waals surface area contributed by atoms with Gasteiger partial charge in [-0.3, -0.25) is 9.69 Å². The molecule has 2 aliphatic carbocycles. The number of nitrogens with zero attached hydrogens (tertiary/aromatic N) is 5. The second kappa shape index (κ2) is 10.4. The molecule has 1 saturated heterocycles. The van der Waals surface area contributed by atoms with E-state index >= 15 is 0 Å². The van der Waals surface area contributed by atoms with Crippen LogP contribution in [0.4, 0.5) is 5.69 Å². The Kier molecular flexibility index (Phi) is 6.62. The number of carbonyl (C=O) groups excluding carboxylic acids is 1. The smallest absolute Gasteiger partial charge is 0.271 e. The first-order valence-electron chi connectivity index (χ1n) is 14.6. The van der Waals surface area contributed by atoms with Crippen LogP contribution < -0.4 is 4.90 Å². The molecule has 0 radical (unpaired) electrons. The Labute approximate surface area is 255 Å². The maximum absolute atomic E-state index is 14.0. The average Bonchev–Trinajstić information content (AvgIpc) is 3.69. The summed E-state index contributed by atoms with van der Waals surface area (Å²) < 4.78 is 1.84. The number of phenolic OH excluding ortho intramolecular Hbond substituents is 1. The Morgan fingerprint density at radius 1 is 0.930 bits per heavy atom. The molecule has 2 bridgehead atoms. The summed E-state index contributed by atoms with van der Waals surface area (Å²) in [5.41, 5.74) is 5.43. The number of thioether (sulfide) groups is 1. The van der Waals surface area contributed by atoms with E-state index in [2.05, 4.69) is 20.8 Å². The summed E-state index contributed by atoms with van der Waals surface area (Å²) in [6, 6.07) is 26.5. The molecule has 3 fully saturated rings. The molecule has 1 aliphatic heterocycles. The standard InChI is InChI=1S/C35H33N5O2S/c1-34(2)25-18-19-35(34,3)30(21-25)36-37-33-40(27-14-16-28(41)17-15-27)32(42)29(43-33)20-24-22-39(26-12-8-5-9-13-26)38-31(24)23-10-6-4-7-11-23/h4-17,20,22,25,41H,18-19,21H2,1-3H3. The molecule has 43 heavy (non-hydrogen) atoms. The fourth-order valence-electron chi connectivity index (χ4n) is 6.72. The van der Waals surface area contributed by atoms with E-state index in [1.165, 1.54) is 18.2 Å². The van der Waals surface area contributed by atoms with Crippen LogP contribution in [0.2, 0.25) is 0 Å². The number of carbonyl (C=O) groups is 1. The lowest BCUT2D eigenvalue weighted by molar-refractivity contribution is -0.113. The van der Waals surface area contributed by atoms with Gasteiger partial charge in [-0.1, -0.05) is 69.3 Å². The molecule has 216 valence electrons. The van der Waals surface area contributed by atoms with Crippen molar-refractivity contribution in [2.45, 2.75) is 40.0 Å². The highest BCUT2D eigenvalue weighted by molar-refractivity contribution is 8.19. The normalized spacial score (nSPS) is 25.5. The Hall–Kier alpha value is -4.43. The SMILES string of the molecule is CC12CCC(CC1=NN=C1SC(=Cc3cn(-c4ccccc4)nc3-c3ccccc3)C(=O)N1c1ccc(O)cc1)C2(C)C. The summed E-state index contributed by atoms with van der Waals surface area (Å²) >= 11 is 1.31. The minimum atomic E-state index is -0.194. The number of phenols is 1. The third-order valence-corrected chi connectivity index (χ3v) is 10.7. The van der Waals surface area contributed by atoms with Crippen LogP contribution >= 0.6 is 11.8 Å². The fourth-order valence-corrected chi connectivity index (χ4v) is 7.64. The van der Waals surface area contributed by atoms with Crippen molar-refractivity contribution in [3.8, 4) is 22.7 Å². The van der Waals surface area contributed by atoms with Gasteiger partial charge in [-0.05, 0) is 84.8 Å². The van der Waals surface area contributed by atoms with Gasteiger partial charge in [0.05, 0.1) is 22.0 Å². The highest BCUT2D eigenvalue weighted by atomic mass is 32.2. The molecular formula is C35H33N5O2S. The monoisotopic (exact) mass is 587 g/mol. The van der Waals surface area contributed by atoms with Crippen LogP contribution in [0.25, 0.3) is 23.0 Å². The van der Waals surface area contributed by atoms with Crippen molar-refractivity contribution < 1.29 is 9.90 Å². The molecule has 1 amide bonds. The molecule has 1 N–H and O–H groups in total. The van der Waals surface area contributed by atoms with E-state index in [0.717, 1.165) is 41.1 Å². The van der Waals surface area contributed by atoms with E-state index < -0.39 is 0 Å². The van der Waals surface area contributed by atoms with Gasteiger partial charge in [-0.25, -0.2) is 4.68 Å². The van der Waals surface area contributed by atoms with Crippen LogP contribution in [0, 0.1) is 16.7 Å². The molecule has 2 heterocycles. The molecule has 1 aromatic heterocycles. The number of amidine groups is 1. The predicted molar refractivity (Wildman–Crippen MR) is 174 cm³/mol. The van der Waals surface area contributed by atoms with Gasteiger partial charge in [0.15, 0.2) is 0 Å². The number of fused-ring (bicyclic) bond motifs is 2. The summed E-state index contributed by atoms with van der Waals surface area (Å²) in [6.07, 6.45) is 7.13. The average molecular weight is 588 g/mol. The summed E-state index contributed by atoms with van der Waals surface area (Å²) in [6.45, 7) is 7.00. The third-order valence-electron chi connectivity index (χ3n) is 9.78. The van der Waals surface area contributed by atoms with Crippen LogP contribution in [0.1, 0.15) is 45.6 Å². The summed E-state index contributed by atoms with van der Waals surface area (Å²) in [5.74, 6) is 0.548. The molecule has 7 nitrogen and oxygen atoms in total. The second-order valence-electron chi connectivity index (χ2n) is 12.3. The van der Waals surface area contributed by atoms with Crippen molar-refractivity contribution in [2.75, 3.05) is 4.90 Å². The van der Waals surface area contributed by atoms with Crippen LogP contribution in [-0.4, -0.2) is 31.7 Å². The van der Waals surface area contributed by atoms with Crippen molar-refractivity contribution in [2.24, 2.45) is 27.0 Å². The molecule has 3 aliphatic rings. The van der Waals surface area contributed by atoms with Gasteiger partial charge in [-0.2, -0.15) is 10.2 Å². The van der Waals surface area contributed by atoms with Crippen LogP contribution in [0.3, 0.4) is 0 Å². The van der Waals surface area contributed by atoms with Crippen molar-refractivity contribution in [3.05, 3.63) is 102 Å². The van der Waals surface area contributed by atoms with Crippen molar-refractivity contribution in [1.82, 2.24) is 9.78 Å². The van der Waals surface area contributed by atoms with Gasteiger partial charge in [0.2, 0.25) is 5.17 Å². The molecule has 2 unspecified atom stereocenters. The Bertz CT molecular complexity index is 1790. The minimum absolute atomic E-state index is 0.00759. The first kappa shape index (κ1) is 27.4. The highest BCUT2D eigenvalue weighted by Gasteiger charge is 2.60. The molecule has 0 spiro atoms. The number of anilines is 1. The zero-order valence-corrected chi connectivity index (χ0v) is 25.3. The van der Waals surface area contributed by atoms with E-state index in [0.29, 0.717) is 21.7 Å². The number of hydrogen-bond donors (Lipinski definition) is 1. The lowest BCUT2D eigenvalue weighted by Gasteiger charge is -2.34. The van der Waals surface area contributed by atoms with Gasteiger partial charge in [0.1, 0.15) is 5.75 Å². The second-order valence-corrected chi connectivity index (χ2v) is 13.3. The molecule has 7 rings (SSSR count). The molecule has 8 heteroatoms. The van der Waals surface area contributed by atoms with Gasteiger partial charge in [0.25, 0.3) is 5.91 Å². The van der Waals surface area contributed by atoms with Gasteiger partial charge in [-0.15, -0.1) is 5.10 Å². The number of para-hydroxylation sites is 1. The fraction of sp³-hybridized carbons (Fsp3) is 0.257.